The molecule has 2 aliphatic heterocycles. The molecule has 1 aliphatic carbocycles. The second-order valence-electron chi connectivity index (χ2n) is 7.17. The second kappa shape index (κ2) is 6.34. The van der Waals surface area contributed by atoms with Crippen LogP contribution in [-0.2, 0) is 11.2 Å². The fourth-order valence-corrected chi connectivity index (χ4v) is 4.74. The number of hydrogen-bond donors (Lipinski definition) is 1. The highest BCUT2D eigenvalue weighted by atomic mass is 16.5. The maximum atomic E-state index is 12.5. The fraction of sp³-hybridized carbons (Fsp3) is 0.500. The number of ether oxygens (including phenoxy) is 2. The van der Waals surface area contributed by atoms with E-state index in [1.54, 1.807) is 14.2 Å². The molecule has 6 heteroatoms. The van der Waals surface area contributed by atoms with Crippen molar-refractivity contribution in [2.75, 3.05) is 20.8 Å². The first-order valence-electron chi connectivity index (χ1n) is 9.10. The standard InChI is InChI=1S/C20H24N2O4/c1-11-19(21-24)18-14(5-4-6-15(18)23)22-8-7-12-9-16(25-2)17(26-3)10-13(12)20(11)22/h9-11,20,24H,4-8H2,1-3H3/t11-,20+/m0/s1. The van der Waals surface area contributed by atoms with Gasteiger partial charge in [0.05, 0.1) is 31.5 Å². The molecular formula is C20H24N2O4. The molecule has 0 bridgehead atoms. The molecule has 26 heavy (non-hydrogen) atoms. The highest BCUT2D eigenvalue weighted by Gasteiger charge is 2.44. The van der Waals surface area contributed by atoms with Crippen LogP contribution in [0.25, 0.3) is 0 Å². The maximum absolute atomic E-state index is 12.5. The van der Waals surface area contributed by atoms with E-state index >= 15 is 0 Å². The summed E-state index contributed by atoms with van der Waals surface area (Å²) < 4.78 is 11.0. The largest absolute Gasteiger partial charge is 0.493 e. The first kappa shape index (κ1) is 16.9. The summed E-state index contributed by atoms with van der Waals surface area (Å²) in [4.78, 5) is 14.9. The maximum Gasteiger partial charge on any atom is 0.166 e. The number of Topliss-reactive ketones (excluding diaryl/α,β-unsaturated/α-hetero) is 1. The molecule has 0 amide bonds. The van der Waals surface area contributed by atoms with Crippen LogP contribution in [-0.4, -0.2) is 42.4 Å². The van der Waals surface area contributed by atoms with E-state index in [9.17, 15) is 10.0 Å². The van der Waals surface area contributed by atoms with Crippen molar-refractivity contribution in [3.63, 3.8) is 0 Å². The topological polar surface area (TPSA) is 71.4 Å². The lowest BCUT2D eigenvalue weighted by molar-refractivity contribution is -0.116. The molecule has 1 aromatic rings. The minimum atomic E-state index is -0.0852. The number of carbonyl (C=O) groups excluding carboxylic acids is 1. The first-order valence-corrected chi connectivity index (χ1v) is 9.10. The van der Waals surface area contributed by atoms with Crippen LogP contribution in [0.15, 0.2) is 28.6 Å². The Kier molecular flexibility index (Phi) is 4.13. The Labute approximate surface area is 153 Å². The predicted molar refractivity (Wildman–Crippen MR) is 97.0 cm³/mol. The average Bonchev–Trinajstić information content (AvgIpc) is 2.67. The SMILES string of the molecule is COc1cc2c(cc1OC)[C@H]1[C@@H](C)C(=NO)C3=C(CCCC3=O)N1CC2. The van der Waals surface area contributed by atoms with Crippen LogP contribution in [0, 0.1) is 5.92 Å². The predicted octanol–water partition coefficient (Wildman–Crippen LogP) is 3.09. The van der Waals surface area contributed by atoms with Crippen molar-refractivity contribution in [2.45, 2.75) is 38.6 Å². The van der Waals surface area contributed by atoms with Crippen molar-refractivity contribution in [1.82, 2.24) is 4.90 Å². The van der Waals surface area contributed by atoms with Gasteiger partial charge in [-0.25, -0.2) is 0 Å². The summed E-state index contributed by atoms with van der Waals surface area (Å²) in [5, 5.41) is 13.2. The van der Waals surface area contributed by atoms with Crippen LogP contribution < -0.4 is 9.47 Å². The smallest absolute Gasteiger partial charge is 0.166 e. The number of rotatable bonds is 2. The Morgan fingerprint density at radius 2 is 1.88 bits per heavy atom. The van der Waals surface area contributed by atoms with Gasteiger partial charge in [-0.15, -0.1) is 0 Å². The molecule has 138 valence electrons. The summed E-state index contributed by atoms with van der Waals surface area (Å²) in [6.07, 6.45) is 3.12. The molecule has 2 atom stereocenters. The van der Waals surface area contributed by atoms with Gasteiger partial charge in [0.15, 0.2) is 17.3 Å². The third kappa shape index (κ3) is 2.31. The van der Waals surface area contributed by atoms with Gasteiger partial charge in [0.2, 0.25) is 0 Å². The molecule has 6 nitrogen and oxygen atoms in total. The van der Waals surface area contributed by atoms with Gasteiger partial charge in [-0.3, -0.25) is 4.79 Å². The molecule has 0 spiro atoms. The Hall–Kier alpha value is -2.50. The van der Waals surface area contributed by atoms with Crippen molar-refractivity contribution in [3.8, 4) is 11.5 Å². The number of hydrogen-bond acceptors (Lipinski definition) is 6. The van der Waals surface area contributed by atoms with E-state index in [4.69, 9.17) is 9.47 Å². The van der Waals surface area contributed by atoms with Gasteiger partial charge in [0.1, 0.15) is 0 Å². The van der Waals surface area contributed by atoms with E-state index in [1.165, 1.54) is 5.56 Å². The van der Waals surface area contributed by atoms with E-state index in [0.29, 0.717) is 23.5 Å². The Bertz CT molecular complexity index is 827. The van der Waals surface area contributed by atoms with Crippen molar-refractivity contribution in [3.05, 3.63) is 34.5 Å². The molecule has 1 aromatic carbocycles. The molecule has 0 saturated heterocycles. The molecule has 1 N–H and O–H groups in total. The molecule has 0 unspecified atom stereocenters. The highest BCUT2D eigenvalue weighted by Crippen LogP contribution is 2.48. The summed E-state index contributed by atoms with van der Waals surface area (Å²) >= 11 is 0. The van der Waals surface area contributed by atoms with Crippen molar-refractivity contribution >= 4 is 11.5 Å². The third-order valence-electron chi connectivity index (χ3n) is 5.92. The number of fused-ring (bicyclic) bond motifs is 4. The van der Waals surface area contributed by atoms with Crippen LogP contribution in [0.1, 0.15) is 43.4 Å². The minimum absolute atomic E-state index is 0.0362. The Balaban J connectivity index is 1.89. The van der Waals surface area contributed by atoms with Gasteiger partial charge in [0.25, 0.3) is 0 Å². The summed E-state index contributed by atoms with van der Waals surface area (Å²) in [6.45, 7) is 2.88. The van der Waals surface area contributed by atoms with Crippen LogP contribution in [0.2, 0.25) is 0 Å². The number of ketones is 1. The van der Waals surface area contributed by atoms with Crippen LogP contribution >= 0.6 is 0 Å². The molecule has 2 heterocycles. The van der Waals surface area contributed by atoms with Crippen molar-refractivity contribution in [2.24, 2.45) is 11.1 Å². The lowest BCUT2D eigenvalue weighted by Gasteiger charge is -2.48. The fourth-order valence-electron chi connectivity index (χ4n) is 4.74. The minimum Gasteiger partial charge on any atom is -0.493 e. The zero-order chi connectivity index (χ0) is 18.4. The van der Waals surface area contributed by atoms with Crippen LogP contribution in [0.5, 0.6) is 11.5 Å². The van der Waals surface area contributed by atoms with Crippen LogP contribution in [0.4, 0.5) is 0 Å². The summed E-state index contributed by atoms with van der Waals surface area (Å²) in [5.74, 6) is 1.44. The zero-order valence-corrected chi connectivity index (χ0v) is 15.4. The van der Waals surface area contributed by atoms with E-state index in [2.05, 4.69) is 10.1 Å². The zero-order valence-electron chi connectivity index (χ0n) is 15.4. The summed E-state index contributed by atoms with van der Waals surface area (Å²) in [6, 6.07) is 4.12. The van der Waals surface area contributed by atoms with Gasteiger partial charge in [-0.2, -0.15) is 0 Å². The Morgan fingerprint density at radius 3 is 2.58 bits per heavy atom. The summed E-state index contributed by atoms with van der Waals surface area (Å²) in [5.41, 5.74) is 4.59. The number of oxime groups is 1. The second-order valence-corrected chi connectivity index (χ2v) is 7.17. The first-order chi connectivity index (χ1) is 12.6. The molecule has 0 saturated carbocycles. The van der Waals surface area contributed by atoms with Crippen LogP contribution in [0.3, 0.4) is 0 Å². The molecule has 4 rings (SSSR count). The Morgan fingerprint density at radius 1 is 1.15 bits per heavy atom. The van der Waals surface area contributed by atoms with Crippen molar-refractivity contribution in [1.29, 1.82) is 0 Å². The monoisotopic (exact) mass is 356 g/mol. The van der Waals surface area contributed by atoms with E-state index in [1.807, 2.05) is 19.1 Å². The molecule has 3 aliphatic rings. The van der Waals surface area contributed by atoms with E-state index in [0.717, 1.165) is 42.8 Å². The van der Waals surface area contributed by atoms with E-state index in [-0.39, 0.29) is 17.7 Å². The van der Waals surface area contributed by atoms with Gasteiger partial charge in [-0.1, -0.05) is 12.1 Å². The lowest BCUT2D eigenvalue weighted by Crippen LogP contribution is -2.47. The van der Waals surface area contributed by atoms with Gasteiger partial charge in [0, 0.05) is 24.6 Å². The highest BCUT2D eigenvalue weighted by molar-refractivity contribution is 6.24. The lowest BCUT2D eigenvalue weighted by atomic mass is 9.74. The summed E-state index contributed by atoms with van der Waals surface area (Å²) in [7, 11) is 3.28. The van der Waals surface area contributed by atoms with Gasteiger partial charge in [-0.05, 0) is 42.5 Å². The van der Waals surface area contributed by atoms with Gasteiger partial charge >= 0.3 is 0 Å². The third-order valence-corrected chi connectivity index (χ3v) is 5.92. The number of methoxy groups -OCH3 is 2. The average molecular weight is 356 g/mol. The number of carbonyl (C=O) groups is 1. The normalized spacial score (nSPS) is 26.3. The quantitative estimate of drug-likeness (QED) is 0.651. The molecule has 0 aromatic heterocycles. The van der Waals surface area contributed by atoms with E-state index < -0.39 is 0 Å². The molecule has 0 radical (unpaired) electrons. The van der Waals surface area contributed by atoms with Crippen molar-refractivity contribution < 1.29 is 19.5 Å². The number of nitrogens with zero attached hydrogens (tertiary/aromatic N) is 2. The molecular weight excluding hydrogens is 332 g/mol. The molecule has 0 fully saturated rings. The number of benzene rings is 1. The number of allylic oxidation sites excluding steroid dienone is 2. The van der Waals surface area contributed by atoms with Gasteiger partial charge < -0.3 is 19.6 Å².